The molecule has 0 saturated heterocycles. The van der Waals surface area contributed by atoms with E-state index in [-0.39, 0.29) is 11.1 Å². The topological polar surface area (TPSA) is 81.1 Å². The van der Waals surface area contributed by atoms with E-state index in [1.807, 2.05) is 19.9 Å². The molecule has 0 saturated carbocycles. The van der Waals surface area contributed by atoms with Gasteiger partial charge in [0.1, 0.15) is 11.9 Å². The van der Waals surface area contributed by atoms with E-state index >= 15 is 0 Å². The van der Waals surface area contributed by atoms with Crippen LogP contribution in [-0.2, 0) is 6.18 Å². The Kier molecular flexibility index (Phi) is 5.58. The number of hydrogen-bond acceptors (Lipinski definition) is 6. The molecule has 0 bridgehead atoms. The Morgan fingerprint density at radius 3 is 2.50 bits per heavy atom. The van der Waals surface area contributed by atoms with E-state index in [0.717, 1.165) is 12.1 Å². The molecular weight excluding hydrogens is 445 g/mol. The van der Waals surface area contributed by atoms with Crippen molar-refractivity contribution in [1.29, 1.82) is 0 Å². The maximum Gasteiger partial charge on any atom is 0.416 e. The summed E-state index contributed by atoms with van der Waals surface area (Å²) < 4.78 is 46.1. The number of aromatic nitrogens is 5. The van der Waals surface area contributed by atoms with Crippen LogP contribution in [0, 0.1) is 20.8 Å². The number of nitrogens with one attached hydrogen (secondary N) is 1. The third-order valence-corrected chi connectivity index (χ3v) is 5.34. The smallest absolute Gasteiger partial charge is 0.358 e. The molecule has 1 unspecified atom stereocenters. The predicted molar refractivity (Wildman–Crippen MR) is 114 cm³/mol. The summed E-state index contributed by atoms with van der Waals surface area (Å²) in [6.07, 6.45) is -3.81. The van der Waals surface area contributed by atoms with Gasteiger partial charge in [-0.2, -0.15) is 27.8 Å². The molecule has 0 aliphatic heterocycles. The van der Waals surface area contributed by atoms with E-state index in [9.17, 15) is 13.2 Å². The van der Waals surface area contributed by atoms with Crippen molar-refractivity contribution in [3.63, 3.8) is 0 Å². The highest BCUT2D eigenvalue weighted by atomic mass is 35.5. The van der Waals surface area contributed by atoms with Gasteiger partial charge in [0.05, 0.1) is 16.8 Å². The van der Waals surface area contributed by atoms with E-state index in [1.165, 1.54) is 6.07 Å². The standard InChI is InChI=1S/C21H20ClF3N6O/c1-5-16(20-27-12(4)30-32-20)28-17-8-10(2)26-19-18(11(3)29-31(17)19)14-7-6-13(9-15(14)22)21(23,24)25/h6-9,16,28H,5H2,1-4H3. The molecule has 32 heavy (non-hydrogen) atoms. The zero-order valence-electron chi connectivity index (χ0n) is 17.8. The fourth-order valence-corrected chi connectivity index (χ4v) is 3.80. The van der Waals surface area contributed by atoms with E-state index in [1.54, 1.807) is 18.4 Å². The lowest BCUT2D eigenvalue weighted by Gasteiger charge is -2.16. The number of rotatable bonds is 5. The summed E-state index contributed by atoms with van der Waals surface area (Å²) in [5.74, 6) is 1.61. The number of fused-ring (bicyclic) bond motifs is 1. The van der Waals surface area contributed by atoms with Gasteiger partial charge in [0.15, 0.2) is 11.5 Å². The van der Waals surface area contributed by atoms with Gasteiger partial charge in [-0.25, -0.2) is 4.98 Å². The summed E-state index contributed by atoms with van der Waals surface area (Å²) >= 11 is 6.26. The van der Waals surface area contributed by atoms with Crippen LogP contribution in [0.4, 0.5) is 19.0 Å². The molecule has 4 rings (SSSR count). The molecule has 0 aliphatic carbocycles. The average molecular weight is 465 g/mol. The fraction of sp³-hybridized carbons (Fsp3) is 0.333. The maximum atomic E-state index is 13.1. The number of anilines is 1. The second-order valence-electron chi connectivity index (χ2n) is 7.46. The SMILES string of the molecule is CCC(Nc1cc(C)nc2c(-c3ccc(C(F)(F)F)cc3Cl)c(C)nn12)c1nc(C)no1. The summed E-state index contributed by atoms with van der Waals surface area (Å²) in [5.41, 5.74) is 1.93. The van der Waals surface area contributed by atoms with Crippen molar-refractivity contribution in [2.45, 2.75) is 46.3 Å². The number of halogens is 4. The Morgan fingerprint density at radius 2 is 1.91 bits per heavy atom. The molecule has 4 aromatic rings. The first-order valence-corrected chi connectivity index (χ1v) is 10.3. The van der Waals surface area contributed by atoms with Gasteiger partial charge < -0.3 is 9.84 Å². The zero-order chi connectivity index (χ0) is 23.2. The minimum Gasteiger partial charge on any atom is -0.358 e. The molecular formula is C21H20ClF3N6O. The normalized spacial score (nSPS) is 13.0. The Morgan fingerprint density at radius 1 is 1.16 bits per heavy atom. The van der Waals surface area contributed by atoms with Crippen LogP contribution in [0.1, 0.15) is 48.1 Å². The highest BCUT2D eigenvalue weighted by molar-refractivity contribution is 6.33. The molecule has 0 radical (unpaired) electrons. The molecule has 7 nitrogen and oxygen atoms in total. The van der Waals surface area contributed by atoms with Crippen LogP contribution in [0.5, 0.6) is 0 Å². The first kappa shape index (κ1) is 22.1. The first-order chi connectivity index (χ1) is 15.1. The number of aryl methyl sites for hydroxylation is 3. The van der Waals surface area contributed by atoms with Crippen LogP contribution in [-0.4, -0.2) is 24.7 Å². The van der Waals surface area contributed by atoms with Gasteiger partial charge in [-0.1, -0.05) is 29.7 Å². The van der Waals surface area contributed by atoms with Crippen molar-refractivity contribution >= 4 is 23.1 Å². The van der Waals surface area contributed by atoms with Crippen LogP contribution < -0.4 is 5.32 Å². The van der Waals surface area contributed by atoms with Gasteiger partial charge in [0, 0.05) is 22.3 Å². The van der Waals surface area contributed by atoms with Crippen LogP contribution in [0.3, 0.4) is 0 Å². The van der Waals surface area contributed by atoms with Gasteiger partial charge in [0.25, 0.3) is 0 Å². The van der Waals surface area contributed by atoms with Gasteiger partial charge >= 0.3 is 6.18 Å². The van der Waals surface area contributed by atoms with Crippen molar-refractivity contribution in [2.24, 2.45) is 0 Å². The number of nitrogens with zero attached hydrogens (tertiary/aromatic N) is 5. The fourth-order valence-electron chi connectivity index (χ4n) is 3.53. The molecule has 168 valence electrons. The molecule has 0 amide bonds. The first-order valence-electron chi connectivity index (χ1n) is 9.89. The van der Waals surface area contributed by atoms with Gasteiger partial charge in [-0.15, -0.1) is 0 Å². The molecule has 1 aromatic carbocycles. The summed E-state index contributed by atoms with van der Waals surface area (Å²) in [6, 6.07) is 4.83. The molecule has 0 aliphatic rings. The Hall–Kier alpha value is -3.14. The highest BCUT2D eigenvalue weighted by Crippen LogP contribution is 2.38. The van der Waals surface area contributed by atoms with E-state index in [0.29, 0.717) is 52.1 Å². The number of alkyl halides is 3. The van der Waals surface area contributed by atoms with Crippen molar-refractivity contribution in [3.05, 3.63) is 58.0 Å². The van der Waals surface area contributed by atoms with Gasteiger partial charge in [-0.3, -0.25) is 0 Å². The highest BCUT2D eigenvalue weighted by Gasteiger charge is 2.31. The van der Waals surface area contributed by atoms with Gasteiger partial charge in [0.2, 0.25) is 5.89 Å². The lowest BCUT2D eigenvalue weighted by molar-refractivity contribution is -0.137. The van der Waals surface area contributed by atoms with Crippen LogP contribution >= 0.6 is 11.6 Å². The van der Waals surface area contributed by atoms with Crippen LogP contribution in [0.2, 0.25) is 5.02 Å². The third kappa shape index (κ3) is 4.02. The van der Waals surface area contributed by atoms with Crippen molar-refractivity contribution in [3.8, 4) is 11.1 Å². The molecule has 3 heterocycles. The Bertz CT molecular complexity index is 1300. The lowest BCUT2D eigenvalue weighted by Crippen LogP contribution is -2.14. The summed E-state index contributed by atoms with van der Waals surface area (Å²) in [4.78, 5) is 8.88. The maximum absolute atomic E-state index is 13.1. The monoisotopic (exact) mass is 464 g/mol. The molecule has 3 aromatic heterocycles. The van der Waals surface area contributed by atoms with Crippen molar-refractivity contribution < 1.29 is 17.7 Å². The second-order valence-corrected chi connectivity index (χ2v) is 7.86. The summed E-state index contributed by atoms with van der Waals surface area (Å²) in [5, 5.41) is 11.8. The molecule has 1 N–H and O–H groups in total. The van der Waals surface area contributed by atoms with Crippen LogP contribution in [0.15, 0.2) is 28.8 Å². The quantitative estimate of drug-likeness (QED) is 0.393. The number of hydrogen-bond donors (Lipinski definition) is 1. The summed E-state index contributed by atoms with van der Waals surface area (Å²) in [7, 11) is 0. The van der Waals surface area contributed by atoms with E-state index in [2.05, 4.69) is 25.5 Å². The minimum absolute atomic E-state index is 0.0246. The van der Waals surface area contributed by atoms with Gasteiger partial charge in [-0.05, 0) is 39.3 Å². The third-order valence-electron chi connectivity index (χ3n) is 5.03. The van der Waals surface area contributed by atoms with Crippen molar-refractivity contribution in [1.82, 2.24) is 24.7 Å². The zero-order valence-corrected chi connectivity index (χ0v) is 18.5. The van der Waals surface area contributed by atoms with Crippen LogP contribution in [0.25, 0.3) is 16.8 Å². The largest absolute Gasteiger partial charge is 0.416 e. The molecule has 0 fully saturated rings. The predicted octanol–water partition coefficient (Wildman–Crippen LogP) is 5.94. The minimum atomic E-state index is -4.48. The van der Waals surface area contributed by atoms with E-state index in [4.69, 9.17) is 16.1 Å². The Labute approximate surface area is 186 Å². The second kappa shape index (κ2) is 8.09. The molecule has 1 atom stereocenters. The number of benzene rings is 1. The van der Waals surface area contributed by atoms with E-state index < -0.39 is 11.7 Å². The van der Waals surface area contributed by atoms with Crippen molar-refractivity contribution in [2.75, 3.05) is 5.32 Å². The Balaban J connectivity index is 1.82. The molecule has 0 spiro atoms. The summed E-state index contributed by atoms with van der Waals surface area (Å²) in [6.45, 7) is 7.30. The average Bonchev–Trinajstić information content (AvgIpc) is 3.28. The molecule has 11 heteroatoms. The lowest BCUT2D eigenvalue weighted by atomic mass is 10.0.